The zero-order valence-corrected chi connectivity index (χ0v) is 19.4. The highest BCUT2D eigenvalue weighted by molar-refractivity contribution is 7.83. The van der Waals surface area contributed by atoms with Crippen molar-refractivity contribution in [3.05, 3.63) is 59.0 Å². The normalized spacial score (nSPS) is 30.8. The largest absolute Gasteiger partial charge is 0.455 e. The highest BCUT2D eigenvalue weighted by Gasteiger charge is 2.53. The molecule has 6 rings (SSSR count). The number of carbonyl (C=O) groups is 1. The number of rotatable bonds is 7. The third-order valence-corrected chi connectivity index (χ3v) is 9.25. The van der Waals surface area contributed by atoms with Gasteiger partial charge >= 0.3 is 0 Å². The summed E-state index contributed by atoms with van der Waals surface area (Å²) in [5.74, 6) is 4.21. The summed E-state index contributed by atoms with van der Waals surface area (Å²) in [6.45, 7) is 4.23. The van der Waals surface area contributed by atoms with Crippen LogP contribution in [-0.2, 0) is 22.3 Å². The van der Waals surface area contributed by atoms with E-state index in [-0.39, 0.29) is 17.4 Å². The molecule has 1 aromatic heterocycles. The summed E-state index contributed by atoms with van der Waals surface area (Å²) >= 11 is 0. The van der Waals surface area contributed by atoms with Gasteiger partial charge in [-0.05, 0) is 93.2 Å². The van der Waals surface area contributed by atoms with Gasteiger partial charge in [0, 0.05) is 22.6 Å². The fourth-order valence-electron chi connectivity index (χ4n) is 6.79. The van der Waals surface area contributed by atoms with Gasteiger partial charge in [-0.1, -0.05) is 29.8 Å². The Morgan fingerprint density at radius 2 is 1.65 bits per heavy atom. The van der Waals surface area contributed by atoms with Crippen molar-refractivity contribution in [1.29, 1.82) is 0 Å². The molecule has 0 spiro atoms. The summed E-state index contributed by atoms with van der Waals surface area (Å²) < 4.78 is 18.3. The van der Waals surface area contributed by atoms with Crippen molar-refractivity contribution in [3.63, 3.8) is 0 Å². The van der Waals surface area contributed by atoms with Crippen LogP contribution in [0, 0.1) is 30.1 Å². The summed E-state index contributed by atoms with van der Waals surface area (Å²) in [5.41, 5.74) is 2.52. The van der Waals surface area contributed by atoms with Gasteiger partial charge in [-0.2, -0.15) is 0 Å². The van der Waals surface area contributed by atoms with Crippen LogP contribution in [-0.4, -0.2) is 16.2 Å². The molecule has 0 radical (unpaired) electrons. The Kier molecular flexibility index (Phi) is 5.58. The first-order chi connectivity index (χ1) is 14.9. The van der Waals surface area contributed by atoms with E-state index >= 15 is 0 Å². The molecule has 4 saturated carbocycles. The molecule has 2 aromatic rings. The minimum absolute atomic E-state index is 0.140. The summed E-state index contributed by atoms with van der Waals surface area (Å²) in [5, 5.41) is 3.26. The smallest absolute Gasteiger partial charge is 0.287 e. The van der Waals surface area contributed by atoms with E-state index in [1.54, 1.807) is 12.1 Å². The van der Waals surface area contributed by atoms with E-state index in [4.69, 9.17) is 4.42 Å². The average molecular weight is 440 g/mol. The maximum Gasteiger partial charge on any atom is 0.287 e. The monoisotopic (exact) mass is 439 g/mol. The summed E-state index contributed by atoms with van der Waals surface area (Å²) in [7, 11) is -1.07. The van der Waals surface area contributed by atoms with Crippen LogP contribution in [0.15, 0.2) is 40.8 Å². The number of aryl methyl sites for hydroxylation is 1. The Labute approximate surface area is 187 Å². The number of carbonyl (C=O) groups excluding carboxylic acids is 1. The van der Waals surface area contributed by atoms with Crippen molar-refractivity contribution >= 4 is 16.7 Å². The second-order valence-corrected chi connectivity index (χ2v) is 11.9. The molecule has 1 aromatic carbocycles. The number of furan rings is 1. The van der Waals surface area contributed by atoms with Crippen LogP contribution in [0.2, 0.25) is 0 Å². The highest BCUT2D eigenvalue weighted by atomic mass is 32.2. The van der Waals surface area contributed by atoms with Gasteiger partial charge in [0.2, 0.25) is 0 Å². The number of amides is 1. The maximum atomic E-state index is 12.9. The standard InChI is InChI=1S/C26H33NO3S/c1-17-3-5-19(6-4-17)15-31(29)16-23-7-8-24(30-23)25(28)27-18(2)26-12-20-9-21(13-26)11-22(10-20)14-26/h3-8,18,20-22H,9-16H2,1-2H3,(H,27,28)/t18-,20?,21?,22?,26?,31-/m1/s1. The number of hydrogen-bond acceptors (Lipinski definition) is 3. The summed E-state index contributed by atoms with van der Waals surface area (Å²) in [6.07, 6.45) is 8.01. The lowest BCUT2D eigenvalue weighted by Crippen LogP contribution is -2.55. The van der Waals surface area contributed by atoms with E-state index in [1.165, 1.54) is 44.1 Å². The van der Waals surface area contributed by atoms with Crippen LogP contribution in [0.4, 0.5) is 0 Å². The minimum Gasteiger partial charge on any atom is -0.455 e. The topological polar surface area (TPSA) is 59.3 Å². The van der Waals surface area contributed by atoms with Crippen molar-refractivity contribution in [2.24, 2.45) is 23.2 Å². The summed E-state index contributed by atoms with van der Waals surface area (Å²) in [6, 6.07) is 11.8. The average Bonchev–Trinajstić information content (AvgIpc) is 3.17. The molecule has 4 aliphatic carbocycles. The van der Waals surface area contributed by atoms with E-state index in [2.05, 4.69) is 12.2 Å². The molecule has 4 fully saturated rings. The molecule has 1 N–H and O–H groups in total. The van der Waals surface area contributed by atoms with Crippen molar-refractivity contribution in [1.82, 2.24) is 5.32 Å². The zero-order valence-electron chi connectivity index (χ0n) is 18.6. The molecule has 4 bridgehead atoms. The van der Waals surface area contributed by atoms with E-state index in [0.717, 1.165) is 23.3 Å². The molecule has 0 unspecified atom stereocenters. The molecular formula is C26H33NO3S. The van der Waals surface area contributed by atoms with Crippen LogP contribution in [0.3, 0.4) is 0 Å². The van der Waals surface area contributed by atoms with Gasteiger partial charge in [-0.25, -0.2) is 0 Å². The van der Waals surface area contributed by atoms with Crippen LogP contribution in [0.25, 0.3) is 0 Å². The molecule has 1 amide bonds. The highest BCUT2D eigenvalue weighted by Crippen LogP contribution is 2.61. The lowest BCUT2D eigenvalue weighted by molar-refractivity contribution is -0.0688. The van der Waals surface area contributed by atoms with Gasteiger partial charge in [-0.15, -0.1) is 0 Å². The van der Waals surface area contributed by atoms with Gasteiger partial charge in [0.1, 0.15) is 5.76 Å². The molecule has 0 saturated heterocycles. The van der Waals surface area contributed by atoms with Crippen molar-refractivity contribution in [2.45, 2.75) is 69.9 Å². The van der Waals surface area contributed by atoms with Gasteiger partial charge in [0.05, 0.1) is 5.75 Å². The predicted octanol–water partition coefficient (Wildman–Crippen LogP) is 5.37. The second-order valence-electron chi connectivity index (χ2n) is 10.5. The number of benzene rings is 1. The van der Waals surface area contributed by atoms with Crippen molar-refractivity contribution < 1.29 is 13.4 Å². The Hall–Kier alpha value is -1.88. The Morgan fingerprint density at radius 1 is 1.03 bits per heavy atom. The molecular weight excluding hydrogens is 406 g/mol. The first-order valence-electron chi connectivity index (χ1n) is 11.7. The predicted molar refractivity (Wildman–Crippen MR) is 123 cm³/mol. The number of hydrogen-bond donors (Lipinski definition) is 1. The molecule has 4 aliphatic rings. The van der Waals surface area contributed by atoms with Crippen LogP contribution in [0.1, 0.15) is 72.9 Å². The summed E-state index contributed by atoms with van der Waals surface area (Å²) in [4.78, 5) is 12.9. The fraction of sp³-hybridized carbons (Fsp3) is 0.577. The molecule has 0 aliphatic heterocycles. The minimum atomic E-state index is -1.07. The van der Waals surface area contributed by atoms with Gasteiger partial charge in [0.25, 0.3) is 5.91 Å². The first-order valence-corrected chi connectivity index (χ1v) is 13.2. The van der Waals surface area contributed by atoms with Crippen LogP contribution in [0.5, 0.6) is 0 Å². The SMILES string of the molecule is Cc1ccc(C[S@@](=O)Cc2ccc(C(=O)N[C@H](C)C34CC5CC(CC(C5)C3)C4)o2)cc1. The third kappa shape index (κ3) is 4.39. The first kappa shape index (κ1) is 21.0. The zero-order chi connectivity index (χ0) is 21.6. The van der Waals surface area contributed by atoms with Gasteiger partial charge in [-0.3, -0.25) is 9.00 Å². The Morgan fingerprint density at radius 3 is 2.26 bits per heavy atom. The fourth-order valence-corrected chi connectivity index (χ4v) is 7.93. The van der Waals surface area contributed by atoms with Crippen molar-refractivity contribution in [2.75, 3.05) is 0 Å². The second kappa shape index (κ2) is 8.23. The quantitative estimate of drug-likeness (QED) is 0.631. The van der Waals surface area contributed by atoms with Gasteiger partial charge in [0.15, 0.2) is 5.76 Å². The molecule has 4 nitrogen and oxygen atoms in total. The van der Waals surface area contributed by atoms with E-state index in [1.807, 2.05) is 31.2 Å². The van der Waals surface area contributed by atoms with Crippen LogP contribution < -0.4 is 5.32 Å². The Balaban J connectivity index is 1.18. The third-order valence-electron chi connectivity index (χ3n) is 7.99. The van der Waals surface area contributed by atoms with E-state index in [9.17, 15) is 9.00 Å². The number of nitrogens with one attached hydrogen (secondary N) is 1. The molecule has 2 atom stereocenters. The lowest BCUT2D eigenvalue weighted by atomic mass is 9.48. The molecule has 5 heteroatoms. The van der Waals surface area contributed by atoms with Crippen LogP contribution >= 0.6 is 0 Å². The van der Waals surface area contributed by atoms with Gasteiger partial charge < -0.3 is 9.73 Å². The van der Waals surface area contributed by atoms with E-state index in [0.29, 0.717) is 23.0 Å². The van der Waals surface area contributed by atoms with E-state index < -0.39 is 10.8 Å². The molecule has 1 heterocycles. The Bertz CT molecular complexity index is 942. The maximum absolute atomic E-state index is 12.9. The van der Waals surface area contributed by atoms with Crippen molar-refractivity contribution in [3.8, 4) is 0 Å². The molecule has 166 valence electrons. The molecule has 31 heavy (non-hydrogen) atoms. The lowest BCUT2D eigenvalue weighted by Gasteiger charge is -2.59.